The Morgan fingerprint density at radius 1 is 0.630 bits per heavy atom. The fourth-order valence-corrected chi connectivity index (χ4v) is 3.90. The Labute approximate surface area is 167 Å². The highest BCUT2D eigenvalue weighted by Gasteiger charge is 2.00. The molecule has 0 bridgehead atoms. The molecule has 2 nitrogen and oxygen atoms in total. The van der Waals surface area contributed by atoms with E-state index in [9.17, 15) is 0 Å². The van der Waals surface area contributed by atoms with Gasteiger partial charge in [-0.3, -0.25) is 9.98 Å². The molecule has 0 spiro atoms. The molecule has 0 fully saturated rings. The molecule has 0 aliphatic carbocycles. The molecule has 4 heteroatoms. The van der Waals surface area contributed by atoms with E-state index in [1.54, 1.807) is 22.7 Å². The fourth-order valence-electron chi connectivity index (χ4n) is 2.73. The van der Waals surface area contributed by atoms with E-state index in [2.05, 4.69) is 69.3 Å². The van der Waals surface area contributed by atoms with Crippen LogP contribution in [0.2, 0.25) is 0 Å². The van der Waals surface area contributed by atoms with E-state index in [-0.39, 0.29) is 0 Å². The lowest BCUT2D eigenvalue weighted by Gasteiger charge is -2.04. The van der Waals surface area contributed by atoms with Crippen molar-refractivity contribution in [1.29, 1.82) is 0 Å². The van der Waals surface area contributed by atoms with Gasteiger partial charge in [-0.05, 0) is 64.7 Å². The van der Waals surface area contributed by atoms with E-state index >= 15 is 0 Å². The minimum Gasteiger partial charge on any atom is -0.255 e. The van der Waals surface area contributed by atoms with Crippen molar-refractivity contribution in [2.24, 2.45) is 9.98 Å². The van der Waals surface area contributed by atoms with Crippen LogP contribution >= 0.6 is 22.7 Å². The lowest BCUT2D eigenvalue weighted by Crippen LogP contribution is -1.87. The highest BCUT2D eigenvalue weighted by atomic mass is 32.1. The number of aliphatic imine (C=N–C) groups is 2. The van der Waals surface area contributed by atoms with Gasteiger partial charge in [0.15, 0.2) is 0 Å². The molecule has 0 saturated heterocycles. The average molecular weight is 387 g/mol. The van der Waals surface area contributed by atoms with Crippen molar-refractivity contribution in [3.05, 3.63) is 104 Å². The van der Waals surface area contributed by atoms with Crippen molar-refractivity contribution in [2.75, 3.05) is 0 Å². The maximum Gasteiger partial charge on any atom is 0.0633 e. The van der Waals surface area contributed by atoms with Crippen LogP contribution in [0.4, 0.5) is 11.4 Å². The normalized spacial score (nSPS) is 11.6. The number of hydrogen-bond donors (Lipinski definition) is 0. The average Bonchev–Trinajstić information content (AvgIpc) is 3.39. The summed E-state index contributed by atoms with van der Waals surface area (Å²) in [5.74, 6) is 0. The highest BCUT2D eigenvalue weighted by Crippen LogP contribution is 2.21. The van der Waals surface area contributed by atoms with Gasteiger partial charge < -0.3 is 0 Å². The van der Waals surface area contributed by atoms with E-state index in [1.165, 1.54) is 11.1 Å². The molecule has 2 aromatic carbocycles. The predicted octanol–water partition coefficient (Wildman–Crippen LogP) is 6.90. The molecule has 0 unspecified atom stereocenters. The number of hydrogen-bond acceptors (Lipinski definition) is 4. The first kappa shape index (κ1) is 17.6. The third kappa shape index (κ3) is 5.09. The predicted molar refractivity (Wildman–Crippen MR) is 119 cm³/mol. The van der Waals surface area contributed by atoms with Crippen LogP contribution in [0.15, 0.2) is 93.5 Å². The lowest BCUT2D eigenvalue weighted by atomic mass is 10.0. The van der Waals surface area contributed by atoms with E-state index in [0.717, 1.165) is 27.5 Å². The Morgan fingerprint density at radius 2 is 1.15 bits per heavy atom. The summed E-state index contributed by atoms with van der Waals surface area (Å²) in [4.78, 5) is 11.5. The molecule has 0 aliphatic rings. The lowest BCUT2D eigenvalue weighted by molar-refractivity contribution is 1.19. The summed E-state index contributed by atoms with van der Waals surface area (Å²) in [5.41, 5.74) is 4.45. The van der Waals surface area contributed by atoms with E-state index in [0.29, 0.717) is 0 Å². The Hall–Kier alpha value is -2.82. The Morgan fingerprint density at radius 3 is 1.59 bits per heavy atom. The zero-order valence-corrected chi connectivity index (χ0v) is 16.3. The molecule has 4 rings (SSSR count). The van der Waals surface area contributed by atoms with Crippen molar-refractivity contribution in [1.82, 2.24) is 0 Å². The van der Waals surface area contributed by atoms with Crippen LogP contribution < -0.4 is 0 Å². The van der Waals surface area contributed by atoms with Gasteiger partial charge in [0.2, 0.25) is 0 Å². The highest BCUT2D eigenvalue weighted by molar-refractivity contribution is 7.12. The third-order valence-corrected chi connectivity index (χ3v) is 5.61. The Balaban J connectivity index is 1.47. The van der Waals surface area contributed by atoms with Gasteiger partial charge in [-0.1, -0.05) is 36.4 Å². The first-order valence-corrected chi connectivity index (χ1v) is 10.4. The zero-order valence-electron chi connectivity index (χ0n) is 14.7. The summed E-state index contributed by atoms with van der Waals surface area (Å²) < 4.78 is 0. The molecule has 27 heavy (non-hydrogen) atoms. The minimum absolute atomic E-state index is 0.866. The molecule has 0 atom stereocenters. The number of thiophene rings is 2. The molecule has 0 N–H and O–H groups in total. The summed E-state index contributed by atoms with van der Waals surface area (Å²) in [7, 11) is 0. The fraction of sp³-hybridized carbons (Fsp3) is 0.0435. The van der Waals surface area contributed by atoms with Crippen LogP contribution in [0.3, 0.4) is 0 Å². The van der Waals surface area contributed by atoms with Crippen LogP contribution in [0, 0.1) is 0 Å². The van der Waals surface area contributed by atoms with Crippen LogP contribution in [-0.2, 0) is 6.42 Å². The first-order chi connectivity index (χ1) is 13.3. The Kier molecular flexibility index (Phi) is 5.67. The molecule has 0 radical (unpaired) electrons. The summed E-state index contributed by atoms with van der Waals surface area (Å²) in [6.07, 6.45) is 4.71. The standard InChI is InChI=1S/C23H18N2S2/c1-5-18(14-20(7-1)24-16-22-9-3-11-26-22)13-19-6-2-8-21(15-19)25-17-23-10-4-12-27-23/h1-12,14-17H,13H2. The monoisotopic (exact) mass is 386 g/mol. The van der Waals surface area contributed by atoms with Gasteiger partial charge in [-0.15, -0.1) is 22.7 Å². The Bertz CT molecular complexity index is 960. The molecule has 4 aromatic rings. The summed E-state index contributed by atoms with van der Waals surface area (Å²) in [6.45, 7) is 0. The molecule has 0 amide bonds. The maximum atomic E-state index is 4.59. The van der Waals surface area contributed by atoms with Crippen molar-refractivity contribution in [3.63, 3.8) is 0 Å². The van der Waals surface area contributed by atoms with Crippen LogP contribution in [0.5, 0.6) is 0 Å². The second-order valence-electron chi connectivity index (χ2n) is 6.06. The van der Waals surface area contributed by atoms with Gasteiger partial charge >= 0.3 is 0 Å². The SMILES string of the molecule is C(=Nc1cccc(Cc2cccc(N=Cc3cccs3)c2)c1)c1cccs1. The van der Waals surface area contributed by atoms with E-state index in [4.69, 9.17) is 0 Å². The smallest absolute Gasteiger partial charge is 0.0633 e. The number of nitrogens with zero attached hydrogens (tertiary/aromatic N) is 2. The van der Waals surface area contributed by atoms with Crippen LogP contribution in [0.25, 0.3) is 0 Å². The van der Waals surface area contributed by atoms with Crippen molar-refractivity contribution in [3.8, 4) is 0 Å². The summed E-state index contributed by atoms with van der Waals surface area (Å²) in [5, 5.41) is 4.12. The third-order valence-electron chi connectivity index (χ3n) is 4.00. The van der Waals surface area contributed by atoms with Gasteiger partial charge in [0, 0.05) is 22.2 Å². The number of rotatable bonds is 6. The quantitative estimate of drug-likeness (QED) is 0.322. The summed E-state index contributed by atoms with van der Waals surface area (Å²) >= 11 is 3.38. The van der Waals surface area contributed by atoms with Gasteiger partial charge in [0.1, 0.15) is 0 Å². The van der Waals surface area contributed by atoms with Crippen molar-refractivity contribution >= 4 is 46.5 Å². The number of benzene rings is 2. The topological polar surface area (TPSA) is 24.7 Å². The van der Waals surface area contributed by atoms with Gasteiger partial charge in [0.05, 0.1) is 11.4 Å². The molecule has 2 heterocycles. The van der Waals surface area contributed by atoms with Gasteiger partial charge in [-0.2, -0.15) is 0 Å². The van der Waals surface area contributed by atoms with Crippen molar-refractivity contribution < 1.29 is 0 Å². The molecule has 132 valence electrons. The van der Waals surface area contributed by atoms with Gasteiger partial charge in [0.25, 0.3) is 0 Å². The van der Waals surface area contributed by atoms with E-state index < -0.39 is 0 Å². The molecule has 2 aromatic heterocycles. The second kappa shape index (κ2) is 8.71. The largest absolute Gasteiger partial charge is 0.255 e. The zero-order chi connectivity index (χ0) is 18.3. The first-order valence-electron chi connectivity index (χ1n) is 8.68. The van der Waals surface area contributed by atoms with Crippen LogP contribution in [0.1, 0.15) is 20.9 Å². The molecular weight excluding hydrogens is 368 g/mol. The maximum absolute atomic E-state index is 4.59. The molecule has 0 saturated carbocycles. The minimum atomic E-state index is 0.866. The van der Waals surface area contributed by atoms with Crippen molar-refractivity contribution in [2.45, 2.75) is 6.42 Å². The van der Waals surface area contributed by atoms with Crippen LogP contribution in [-0.4, -0.2) is 12.4 Å². The summed E-state index contributed by atoms with van der Waals surface area (Å²) in [6, 6.07) is 25.0. The van der Waals surface area contributed by atoms with E-state index in [1.807, 2.05) is 36.7 Å². The molecular formula is C23H18N2S2. The van der Waals surface area contributed by atoms with Gasteiger partial charge in [-0.25, -0.2) is 0 Å². The second-order valence-corrected chi connectivity index (χ2v) is 8.02. The molecule has 0 aliphatic heterocycles.